The van der Waals surface area contributed by atoms with Crippen molar-refractivity contribution >= 4 is 61.0 Å². The van der Waals surface area contributed by atoms with E-state index in [-0.39, 0.29) is 49.9 Å². The lowest BCUT2D eigenvalue weighted by molar-refractivity contribution is -0.118. The summed E-state index contributed by atoms with van der Waals surface area (Å²) in [6.07, 6.45) is -2.94. The van der Waals surface area contributed by atoms with E-state index in [1.54, 1.807) is 38.8 Å². The quantitative estimate of drug-likeness (QED) is 0.0362. The summed E-state index contributed by atoms with van der Waals surface area (Å²) in [4.78, 5) is 59.6. The molecule has 26 heteroatoms. The Labute approximate surface area is 416 Å². The Kier molecular flexibility index (Phi) is 16.6. The lowest BCUT2D eigenvalue weighted by Gasteiger charge is -2.36. The molecule has 1 saturated heterocycles. The maximum atomic E-state index is 16.4. The summed E-state index contributed by atoms with van der Waals surface area (Å²) in [5, 5.41) is 11.8. The number of carbonyl (C=O) groups excluding carboxylic acids is 1. The van der Waals surface area contributed by atoms with Crippen molar-refractivity contribution in [1.29, 1.82) is 5.26 Å². The van der Waals surface area contributed by atoms with E-state index in [9.17, 15) is 24.3 Å². The highest BCUT2D eigenvalue weighted by atomic mass is 32.5. The molecule has 8 rings (SSSR count). The van der Waals surface area contributed by atoms with Crippen molar-refractivity contribution in [2.45, 2.75) is 63.6 Å². The predicted molar refractivity (Wildman–Crippen MR) is 261 cm³/mol. The molecule has 2 unspecified atom stereocenters. The van der Waals surface area contributed by atoms with Crippen LogP contribution in [0.25, 0.3) is 22.3 Å². The molecule has 1 aliphatic rings. The summed E-state index contributed by atoms with van der Waals surface area (Å²) in [6.45, 7) is -1.57. The van der Waals surface area contributed by atoms with Crippen LogP contribution in [0.3, 0.4) is 0 Å². The molecule has 22 nitrogen and oxygen atoms in total. The van der Waals surface area contributed by atoms with Crippen molar-refractivity contribution in [3.8, 4) is 17.6 Å². The minimum atomic E-state index is -3.84. The fraction of sp³-hybridized carbons (Fsp3) is 0.348. The molecular weight excluding hydrogens is 998 g/mol. The molecule has 378 valence electrons. The molecule has 0 spiro atoms. The SMILES string of the molecule is COc1ccc(C(OCc2nc3cncnc3n2CCOP(=S)(OCCC#N)OC[C@H]2O[C@@H](n3cnc4c(=O)[nH]c(NC(=O)C(C)C)nc43)[C@H](O[PH](=O)O)[C@@H]2F)(c2ccccc2)c2ccc(OC)cc2)cc1. The minimum absolute atomic E-state index is 0.0624. The van der Waals surface area contributed by atoms with E-state index in [2.05, 4.69) is 30.2 Å². The van der Waals surface area contributed by atoms with Gasteiger partial charge in [-0.25, -0.2) is 24.3 Å². The van der Waals surface area contributed by atoms with Crippen molar-refractivity contribution < 1.29 is 55.7 Å². The van der Waals surface area contributed by atoms with Gasteiger partial charge < -0.3 is 42.0 Å². The van der Waals surface area contributed by atoms with E-state index < -0.39 is 69.2 Å². The Morgan fingerprint density at radius 2 is 1.65 bits per heavy atom. The summed E-state index contributed by atoms with van der Waals surface area (Å²) < 4.78 is 78.8. The number of imidazole rings is 2. The van der Waals surface area contributed by atoms with E-state index in [0.717, 1.165) is 27.6 Å². The van der Waals surface area contributed by atoms with E-state index in [0.29, 0.717) is 28.5 Å². The molecule has 72 heavy (non-hydrogen) atoms. The van der Waals surface area contributed by atoms with Gasteiger partial charge in [-0.3, -0.25) is 33.5 Å². The average Bonchev–Trinajstić information content (AvgIpc) is 4.06. The zero-order valence-corrected chi connectivity index (χ0v) is 41.8. The van der Waals surface area contributed by atoms with Gasteiger partial charge in [-0.1, -0.05) is 68.4 Å². The van der Waals surface area contributed by atoms with Crippen molar-refractivity contribution in [1.82, 2.24) is 39.0 Å². The first-order valence-corrected chi connectivity index (χ1v) is 26.1. The number of aromatic amines is 1. The van der Waals surface area contributed by atoms with Gasteiger partial charge >= 0.3 is 15.0 Å². The fourth-order valence-electron chi connectivity index (χ4n) is 7.97. The molecule has 4 aromatic heterocycles. The zero-order valence-electron chi connectivity index (χ0n) is 39.1. The normalized spacial score (nSPS) is 18.2. The number of halogens is 1. The minimum Gasteiger partial charge on any atom is -0.497 e. The van der Waals surface area contributed by atoms with Crippen LogP contribution in [-0.4, -0.2) is 102 Å². The topological polar surface area (TPSA) is 271 Å². The second-order valence-corrected chi connectivity index (χ2v) is 20.0. The molecule has 3 aromatic carbocycles. The zero-order chi connectivity index (χ0) is 51.0. The number of hydrogen-bond donors (Lipinski definition) is 3. The number of anilines is 1. The smallest absolute Gasteiger partial charge is 0.327 e. The maximum absolute atomic E-state index is 16.4. The Hall–Kier alpha value is -6.35. The van der Waals surface area contributed by atoms with Crippen molar-refractivity contribution in [3.63, 3.8) is 0 Å². The van der Waals surface area contributed by atoms with Gasteiger partial charge in [-0.15, -0.1) is 0 Å². The lowest BCUT2D eigenvalue weighted by Crippen LogP contribution is -2.33. The molecule has 3 N–H and O–H groups in total. The van der Waals surface area contributed by atoms with Crippen LogP contribution in [0.1, 0.15) is 49.0 Å². The van der Waals surface area contributed by atoms with Gasteiger partial charge in [-0.05, 0) is 52.8 Å². The molecule has 0 aliphatic carbocycles. The van der Waals surface area contributed by atoms with Crippen LogP contribution in [-0.2, 0) is 67.5 Å². The Morgan fingerprint density at radius 1 is 0.986 bits per heavy atom. The van der Waals surface area contributed by atoms with Crippen molar-refractivity contribution in [2.75, 3.05) is 39.4 Å². The molecule has 0 saturated carbocycles. The van der Waals surface area contributed by atoms with Crippen LogP contribution in [0.2, 0.25) is 0 Å². The van der Waals surface area contributed by atoms with Crippen LogP contribution in [0.15, 0.2) is 103 Å². The number of nitriles is 1. The number of carbonyl (C=O) groups is 1. The van der Waals surface area contributed by atoms with Gasteiger partial charge in [0.1, 0.15) is 53.6 Å². The van der Waals surface area contributed by atoms with Gasteiger partial charge in [-0.2, -0.15) is 10.2 Å². The predicted octanol–water partition coefficient (Wildman–Crippen LogP) is 6.27. The summed E-state index contributed by atoms with van der Waals surface area (Å²) in [5.41, 5.74) is 1.04. The van der Waals surface area contributed by atoms with Crippen LogP contribution in [0.5, 0.6) is 11.5 Å². The van der Waals surface area contributed by atoms with Gasteiger partial charge in [0.25, 0.3) is 5.56 Å². The summed E-state index contributed by atoms with van der Waals surface area (Å²) in [5.74, 6) is 0.619. The number of methoxy groups -OCH3 is 2. The molecular formula is C46H49FN10O12P2S. The number of alkyl halides is 1. The van der Waals surface area contributed by atoms with Gasteiger partial charge in [0.05, 0.1) is 59.1 Å². The molecule has 1 aliphatic heterocycles. The molecule has 5 heterocycles. The number of aromatic nitrogens is 8. The number of hydrogen-bond acceptors (Lipinski definition) is 18. The molecule has 6 atom stereocenters. The van der Waals surface area contributed by atoms with Crippen LogP contribution in [0.4, 0.5) is 10.3 Å². The number of benzene rings is 3. The lowest BCUT2D eigenvalue weighted by atomic mass is 9.80. The number of H-pyrrole nitrogens is 1. The third-order valence-electron chi connectivity index (χ3n) is 11.5. The van der Waals surface area contributed by atoms with Gasteiger partial charge in [0.15, 0.2) is 29.2 Å². The number of fused-ring (bicyclic) bond motifs is 2. The van der Waals surface area contributed by atoms with Gasteiger partial charge in [0.2, 0.25) is 11.9 Å². The third kappa shape index (κ3) is 11.3. The Morgan fingerprint density at radius 3 is 2.29 bits per heavy atom. The molecule has 0 radical (unpaired) electrons. The summed E-state index contributed by atoms with van der Waals surface area (Å²) in [7, 11) is -0.590. The highest BCUT2D eigenvalue weighted by Gasteiger charge is 2.49. The largest absolute Gasteiger partial charge is 0.497 e. The number of nitrogens with one attached hydrogen (secondary N) is 2. The average molecular weight is 1050 g/mol. The van der Waals surface area contributed by atoms with Crippen molar-refractivity contribution in [3.05, 3.63) is 131 Å². The summed E-state index contributed by atoms with van der Waals surface area (Å²) in [6, 6.07) is 26.9. The molecule has 7 aromatic rings. The van der Waals surface area contributed by atoms with Crippen molar-refractivity contribution in [2.24, 2.45) is 5.92 Å². The molecule has 1 fully saturated rings. The standard InChI is InChI=1S/C46H49FN10O12P2S/c1-28(2)42(58)54-45-53-41-38(43(59)55-45)51-27-57(41)44-39(69-70(60)61)37(47)35(68-44)24-67-71(72,65-21-8-19-48)66-22-20-56-36(52-34-23-49-26-50-40(34)56)25-64-46(29-9-6-5-7-10-29,30-11-15-32(62-3)16-12-30)31-13-17-33(63-4)18-14-31/h5-7,9-18,23,26-28,35,37,39,44,70H,8,20-22,24-25H2,1-4H3,(H,60,61)(H2,53,54,55,58,59)/t35-,37-,39-,44-,71?/m1/s1. The Balaban J connectivity index is 1.05. The van der Waals surface area contributed by atoms with E-state index >= 15 is 4.39 Å². The molecule has 0 bridgehead atoms. The first kappa shape index (κ1) is 52.0. The first-order valence-electron chi connectivity index (χ1n) is 22.3. The first-order chi connectivity index (χ1) is 34.8. The highest BCUT2D eigenvalue weighted by Crippen LogP contribution is 2.51. The number of rotatable bonds is 23. The van der Waals surface area contributed by atoms with Gasteiger partial charge in [0, 0.05) is 12.5 Å². The second-order valence-electron chi connectivity index (χ2n) is 16.3. The van der Waals surface area contributed by atoms with Crippen LogP contribution < -0.4 is 20.3 Å². The molecule has 1 amide bonds. The van der Waals surface area contributed by atoms with E-state index in [1.807, 2.05) is 84.9 Å². The van der Waals surface area contributed by atoms with Crippen LogP contribution in [0, 0.1) is 17.2 Å². The van der Waals surface area contributed by atoms with Crippen LogP contribution >= 0.6 is 15.0 Å². The highest BCUT2D eigenvalue weighted by molar-refractivity contribution is 8.07. The van der Waals surface area contributed by atoms with E-state index in [1.165, 1.54) is 6.33 Å². The number of ether oxygens (including phenoxy) is 4. The fourth-order valence-corrected chi connectivity index (χ4v) is 10.3. The monoisotopic (exact) mass is 1050 g/mol. The number of amides is 1. The Bertz CT molecular complexity index is 3130. The maximum Gasteiger partial charge on any atom is 0.327 e. The van der Waals surface area contributed by atoms with E-state index in [4.69, 9.17) is 53.8 Å². The third-order valence-corrected chi connectivity index (χ3v) is 14.4. The summed E-state index contributed by atoms with van der Waals surface area (Å²) >= 11 is 5.81. The second kappa shape index (κ2) is 23.0. The number of nitrogens with zero attached hydrogens (tertiary/aromatic N) is 8.